The Labute approximate surface area is 142 Å². The molecule has 0 N–H and O–H groups in total. The van der Waals surface area contributed by atoms with Gasteiger partial charge in [-0.3, -0.25) is 0 Å². The van der Waals surface area contributed by atoms with Crippen molar-refractivity contribution in [1.82, 2.24) is 0 Å². The fourth-order valence-electron chi connectivity index (χ4n) is 1.96. The Morgan fingerprint density at radius 1 is 1.04 bits per heavy atom. The van der Waals surface area contributed by atoms with Crippen LogP contribution in [0.25, 0.3) is 6.08 Å². The van der Waals surface area contributed by atoms with Crippen LogP contribution in [0.1, 0.15) is 19.4 Å². The number of nitrogens with zero attached hydrogens (tertiary/aromatic N) is 1. The first kappa shape index (κ1) is 17.5. The molecule has 0 heterocycles. The van der Waals surface area contributed by atoms with Crippen LogP contribution in [0.3, 0.4) is 0 Å². The van der Waals surface area contributed by atoms with Gasteiger partial charge in [-0.15, -0.1) is 0 Å². The van der Waals surface area contributed by atoms with Gasteiger partial charge >= 0.3 is 5.97 Å². The number of esters is 1. The fourth-order valence-corrected chi connectivity index (χ4v) is 1.96. The number of hydrogen-bond donors (Lipinski definition) is 0. The highest BCUT2D eigenvalue weighted by atomic mass is 16.5. The van der Waals surface area contributed by atoms with Gasteiger partial charge in [-0.25, -0.2) is 9.79 Å². The van der Waals surface area contributed by atoms with Gasteiger partial charge in [-0.1, -0.05) is 36.4 Å². The molecule has 0 atom stereocenters. The van der Waals surface area contributed by atoms with Gasteiger partial charge in [-0.05, 0) is 49.8 Å². The molecular formula is C20H21NO3. The minimum Gasteiger partial charge on any atom is -0.497 e. The zero-order valence-corrected chi connectivity index (χ0v) is 14.1. The Morgan fingerprint density at radius 2 is 1.71 bits per heavy atom. The largest absolute Gasteiger partial charge is 0.497 e. The summed E-state index contributed by atoms with van der Waals surface area (Å²) >= 11 is 0. The first-order chi connectivity index (χ1) is 11.6. The van der Waals surface area contributed by atoms with Crippen LogP contribution in [0, 0.1) is 0 Å². The van der Waals surface area contributed by atoms with Crippen LogP contribution < -0.4 is 4.74 Å². The molecule has 0 unspecified atom stereocenters. The van der Waals surface area contributed by atoms with E-state index in [-0.39, 0.29) is 11.8 Å². The molecule has 2 aromatic rings. The number of carbonyl (C=O) groups excluding carboxylic acids is 1. The molecule has 0 aliphatic heterocycles. The quantitative estimate of drug-likeness (QED) is 0.583. The van der Waals surface area contributed by atoms with Gasteiger partial charge in [0.25, 0.3) is 0 Å². The van der Waals surface area contributed by atoms with Crippen molar-refractivity contribution in [2.24, 2.45) is 4.99 Å². The predicted molar refractivity (Wildman–Crippen MR) is 96.8 cm³/mol. The monoisotopic (exact) mass is 323 g/mol. The van der Waals surface area contributed by atoms with Crippen molar-refractivity contribution in [3.8, 4) is 5.75 Å². The van der Waals surface area contributed by atoms with Gasteiger partial charge in [0.15, 0.2) is 0 Å². The standard InChI is InChI=1S/C20H21NO3/c1-15(2)24-20(22)19(14-9-16-7-5-4-6-8-16)21-17-10-12-18(23-3)13-11-17/h4-15H,1-3H3/b14-9+,21-19?. The summed E-state index contributed by atoms with van der Waals surface area (Å²) in [6.45, 7) is 3.62. The Hall–Kier alpha value is -2.88. The molecule has 0 spiro atoms. The summed E-state index contributed by atoms with van der Waals surface area (Å²) in [5.74, 6) is 0.285. The third-order valence-electron chi connectivity index (χ3n) is 3.11. The zero-order valence-electron chi connectivity index (χ0n) is 14.1. The van der Waals surface area contributed by atoms with E-state index in [9.17, 15) is 4.79 Å². The van der Waals surface area contributed by atoms with E-state index < -0.39 is 5.97 Å². The van der Waals surface area contributed by atoms with Crippen LogP contribution in [0.2, 0.25) is 0 Å². The van der Waals surface area contributed by atoms with E-state index in [1.807, 2.05) is 50.3 Å². The number of rotatable bonds is 6. The van der Waals surface area contributed by atoms with Crippen molar-refractivity contribution >= 4 is 23.4 Å². The lowest BCUT2D eigenvalue weighted by atomic mass is 10.2. The van der Waals surface area contributed by atoms with E-state index in [4.69, 9.17) is 9.47 Å². The van der Waals surface area contributed by atoms with Crippen molar-refractivity contribution in [3.63, 3.8) is 0 Å². The van der Waals surface area contributed by atoms with Gasteiger partial charge < -0.3 is 9.47 Å². The SMILES string of the molecule is COc1ccc(N=C(/C=C/c2ccccc2)C(=O)OC(C)C)cc1. The summed E-state index contributed by atoms with van der Waals surface area (Å²) in [5.41, 5.74) is 1.89. The molecule has 2 rings (SSSR count). The van der Waals surface area contributed by atoms with Crippen molar-refractivity contribution in [2.75, 3.05) is 7.11 Å². The number of hydrogen-bond acceptors (Lipinski definition) is 4. The number of carbonyl (C=O) groups is 1. The Bertz CT molecular complexity index is 716. The lowest BCUT2D eigenvalue weighted by Crippen LogP contribution is -2.19. The first-order valence-electron chi connectivity index (χ1n) is 7.75. The highest BCUT2D eigenvalue weighted by molar-refractivity contribution is 6.42. The van der Waals surface area contributed by atoms with Crippen molar-refractivity contribution in [2.45, 2.75) is 20.0 Å². The van der Waals surface area contributed by atoms with Gasteiger partial charge in [0.2, 0.25) is 0 Å². The second-order valence-electron chi connectivity index (χ2n) is 5.39. The third-order valence-corrected chi connectivity index (χ3v) is 3.11. The number of benzene rings is 2. The molecule has 0 amide bonds. The van der Waals surface area contributed by atoms with E-state index >= 15 is 0 Å². The summed E-state index contributed by atoms with van der Waals surface area (Å²) in [5, 5.41) is 0. The maximum Gasteiger partial charge on any atom is 0.357 e. The second kappa shape index (κ2) is 8.67. The van der Waals surface area contributed by atoms with Crippen LogP contribution in [0.5, 0.6) is 5.75 Å². The molecule has 0 aliphatic rings. The Morgan fingerprint density at radius 3 is 2.29 bits per heavy atom. The van der Waals surface area contributed by atoms with Gasteiger partial charge in [0, 0.05) is 0 Å². The van der Waals surface area contributed by atoms with Gasteiger partial charge in [0.05, 0.1) is 18.9 Å². The highest BCUT2D eigenvalue weighted by Crippen LogP contribution is 2.18. The molecule has 0 saturated carbocycles. The third kappa shape index (κ3) is 5.39. The lowest BCUT2D eigenvalue weighted by molar-refractivity contribution is -0.138. The molecule has 4 heteroatoms. The fraction of sp³-hybridized carbons (Fsp3) is 0.200. The maximum atomic E-state index is 12.3. The number of ether oxygens (including phenoxy) is 2. The van der Waals surface area contributed by atoms with Crippen LogP contribution in [-0.2, 0) is 9.53 Å². The van der Waals surface area contributed by atoms with Crippen LogP contribution in [0.15, 0.2) is 65.7 Å². The summed E-state index contributed by atoms with van der Waals surface area (Å²) < 4.78 is 10.4. The molecule has 0 radical (unpaired) electrons. The molecule has 0 bridgehead atoms. The number of methoxy groups -OCH3 is 1. The van der Waals surface area contributed by atoms with E-state index in [1.165, 1.54) is 0 Å². The maximum absolute atomic E-state index is 12.3. The molecule has 2 aromatic carbocycles. The van der Waals surface area contributed by atoms with E-state index in [0.717, 1.165) is 11.3 Å². The van der Waals surface area contributed by atoms with E-state index in [0.29, 0.717) is 5.69 Å². The minimum atomic E-state index is -0.451. The highest BCUT2D eigenvalue weighted by Gasteiger charge is 2.12. The van der Waals surface area contributed by atoms with Crippen molar-refractivity contribution < 1.29 is 14.3 Å². The lowest BCUT2D eigenvalue weighted by Gasteiger charge is -2.08. The smallest absolute Gasteiger partial charge is 0.357 e. The summed E-state index contributed by atoms with van der Waals surface area (Å²) in [6.07, 6.45) is 3.30. The van der Waals surface area contributed by atoms with Crippen molar-refractivity contribution in [3.05, 3.63) is 66.2 Å². The second-order valence-corrected chi connectivity index (χ2v) is 5.39. The zero-order chi connectivity index (χ0) is 17.4. The topological polar surface area (TPSA) is 47.9 Å². The average Bonchev–Trinajstić information content (AvgIpc) is 2.59. The summed E-state index contributed by atoms with van der Waals surface area (Å²) in [7, 11) is 1.60. The van der Waals surface area contributed by atoms with E-state index in [1.54, 1.807) is 37.5 Å². The van der Waals surface area contributed by atoms with Crippen LogP contribution >= 0.6 is 0 Å². The molecule has 0 aliphatic carbocycles. The molecule has 4 nitrogen and oxygen atoms in total. The summed E-state index contributed by atoms with van der Waals surface area (Å²) in [4.78, 5) is 16.7. The number of aliphatic imine (C=N–C) groups is 1. The average molecular weight is 323 g/mol. The molecular weight excluding hydrogens is 302 g/mol. The Balaban J connectivity index is 2.29. The van der Waals surface area contributed by atoms with Crippen LogP contribution in [-0.4, -0.2) is 24.9 Å². The van der Waals surface area contributed by atoms with Gasteiger partial charge in [-0.2, -0.15) is 0 Å². The first-order valence-corrected chi connectivity index (χ1v) is 7.75. The van der Waals surface area contributed by atoms with Gasteiger partial charge in [0.1, 0.15) is 11.5 Å². The molecule has 0 fully saturated rings. The molecule has 0 saturated heterocycles. The molecule has 0 aromatic heterocycles. The minimum absolute atomic E-state index is 0.205. The molecule has 24 heavy (non-hydrogen) atoms. The van der Waals surface area contributed by atoms with Crippen LogP contribution in [0.4, 0.5) is 5.69 Å². The predicted octanol–water partition coefficient (Wildman–Crippen LogP) is 4.43. The Kier molecular flexibility index (Phi) is 6.32. The van der Waals surface area contributed by atoms with Crippen molar-refractivity contribution in [1.29, 1.82) is 0 Å². The molecule has 124 valence electrons. The normalized spacial score (nSPS) is 11.8. The van der Waals surface area contributed by atoms with E-state index in [2.05, 4.69) is 4.99 Å². The summed E-state index contributed by atoms with van der Waals surface area (Å²) in [6, 6.07) is 16.9.